The summed E-state index contributed by atoms with van der Waals surface area (Å²) in [4.78, 5) is 5.59. The van der Waals surface area contributed by atoms with Gasteiger partial charge in [0.15, 0.2) is 15.8 Å². The van der Waals surface area contributed by atoms with E-state index in [4.69, 9.17) is 4.74 Å². The number of rotatable bonds is 12. The van der Waals surface area contributed by atoms with E-state index in [1.807, 2.05) is 0 Å². The number of nitriles is 1. The van der Waals surface area contributed by atoms with E-state index in [1.54, 1.807) is 4.90 Å². The molecule has 3 aromatic heterocycles. The second-order valence-electron chi connectivity index (χ2n) is 12.9. The third-order valence-corrected chi connectivity index (χ3v) is 13.1. The van der Waals surface area contributed by atoms with E-state index in [0.29, 0.717) is 36.3 Å². The van der Waals surface area contributed by atoms with Crippen LogP contribution >= 0.6 is 11.3 Å². The zero-order valence-corrected chi connectivity index (χ0v) is 28.0. The van der Waals surface area contributed by atoms with Gasteiger partial charge in [-0.05, 0) is 37.8 Å². The number of alkyl halides is 5. The van der Waals surface area contributed by atoms with Crippen LogP contribution in [0.2, 0.25) is 25.7 Å². The summed E-state index contributed by atoms with van der Waals surface area (Å²) in [5.74, 6) is 0.00839. The van der Waals surface area contributed by atoms with Crippen molar-refractivity contribution in [3.05, 3.63) is 23.5 Å². The summed E-state index contributed by atoms with van der Waals surface area (Å²) in [7, 11) is -5.98. The van der Waals surface area contributed by atoms with E-state index in [0.717, 1.165) is 10.3 Å². The van der Waals surface area contributed by atoms with E-state index in [-0.39, 0.29) is 41.2 Å². The molecule has 1 saturated heterocycles. The van der Waals surface area contributed by atoms with E-state index in [9.17, 15) is 40.7 Å². The normalized spacial score (nSPS) is 18.4. The van der Waals surface area contributed by atoms with Crippen molar-refractivity contribution < 1.29 is 40.2 Å². The lowest BCUT2D eigenvalue weighted by Gasteiger charge is -2.42. The first-order valence-corrected chi connectivity index (χ1v) is 20.5. The summed E-state index contributed by atoms with van der Waals surface area (Å²) in [6.45, 7) is 4.92. The molecule has 19 heteroatoms. The van der Waals surface area contributed by atoms with E-state index >= 15 is 0 Å². The Kier molecular flexibility index (Phi) is 9.29. The monoisotopic (exact) mass is 707 g/mol. The average molecular weight is 708 g/mol. The van der Waals surface area contributed by atoms with Crippen molar-refractivity contribution in [3.63, 3.8) is 0 Å². The van der Waals surface area contributed by atoms with Gasteiger partial charge in [-0.1, -0.05) is 31.0 Å². The van der Waals surface area contributed by atoms with Crippen LogP contribution in [0.25, 0.3) is 16.3 Å². The highest BCUT2D eigenvalue weighted by molar-refractivity contribution is 7.89. The minimum absolute atomic E-state index is 0.00839. The third kappa shape index (κ3) is 6.51. The molecule has 3 aromatic rings. The number of ether oxygens (including phenoxy) is 1. The second kappa shape index (κ2) is 12.4. The first kappa shape index (κ1) is 34.6. The molecule has 252 valence electrons. The predicted octanol–water partition coefficient (Wildman–Crippen LogP) is 5.29. The summed E-state index contributed by atoms with van der Waals surface area (Å²) >= 11 is 0.572. The van der Waals surface area contributed by atoms with Crippen LogP contribution in [0.15, 0.2) is 23.4 Å². The van der Waals surface area contributed by atoms with Crippen molar-refractivity contribution in [2.45, 2.75) is 74.4 Å². The van der Waals surface area contributed by atoms with Crippen molar-refractivity contribution >= 4 is 40.6 Å². The molecule has 4 heterocycles. The smallest absolute Gasteiger partial charge is 0.395 e. The summed E-state index contributed by atoms with van der Waals surface area (Å²) in [6.07, 6.45) is -5.26. The molecule has 1 aliphatic heterocycles. The first-order valence-electron chi connectivity index (χ1n) is 14.5. The number of hydrogen-bond acceptors (Lipinski definition) is 10. The Morgan fingerprint density at radius 3 is 2.39 bits per heavy atom. The number of aromatic nitrogens is 4. The highest BCUT2D eigenvalue weighted by Gasteiger charge is 2.56. The van der Waals surface area contributed by atoms with Crippen LogP contribution in [0, 0.1) is 16.7 Å². The zero-order chi connectivity index (χ0) is 33.7. The lowest BCUT2D eigenvalue weighted by Crippen LogP contribution is -2.50. The number of pyridine rings is 1. The molecule has 11 nitrogen and oxygen atoms in total. The SMILES string of the molecule is C[Si](C)(C)CCOCN(C1(C#N)CC1)S(=O)(=O)c1cc(N2CCC(CO)(C(F)(F)F)CC2)c2cnc(-c3nnc(C(F)F)s3)n2c1. The van der Waals surface area contributed by atoms with Crippen molar-refractivity contribution in [2.75, 3.05) is 37.9 Å². The number of fused-ring (bicyclic) bond motifs is 1. The van der Waals surface area contributed by atoms with Gasteiger partial charge in [0, 0.05) is 34.0 Å². The molecule has 0 aromatic carbocycles. The Bertz CT molecular complexity index is 1720. The highest BCUT2D eigenvalue weighted by Crippen LogP contribution is 2.48. The van der Waals surface area contributed by atoms with Gasteiger partial charge in [0.05, 0.1) is 35.5 Å². The maximum absolute atomic E-state index is 14.3. The quantitative estimate of drug-likeness (QED) is 0.115. The number of sulfonamides is 1. The topological polar surface area (TPSA) is 137 Å². The fourth-order valence-corrected chi connectivity index (χ4v) is 8.44. The van der Waals surface area contributed by atoms with Gasteiger partial charge < -0.3 is 14.7 Å². The van der Waals surface area contributed by atoms with Crippen LogP contribution in [0.5, 0.6) is 0 Å². The Labute approximate surface area is 267 Å². The van der Waals surface area contributed by atoms with Gasteiger partial charge in [0.1, 0.15) is 17.2 Å². The Hall–Kier alpha value is -2.76. The van der Waals surface area contributed by atoms with E-state index in [2.05, 4.69) is 40.9 Å². The zero-order valence-electron chi connectivity index (χ0n) is 25.4. The largest absolute Gasteiger partial charge is 0.396 e. The van der Waals surface area contributed by atoms with Crippen molar-refractivity contribution in [3.8, 4) is 16.9 Å². The predicted molar refractivity (Wildman–Crippen MR) is 162 cm³/mol. The fourth-order valence-electron chi connectivity index (χ4n) is 5.34. The van der Waals surface area contributed by atoms with Gasteiger partial charge in [-0.25, -0.2) is 22.2 Å². The molecule has 0 radical (unpaired) electrons. The van der Waals surface area contributed by atoms with Crippen LogP contribution in [0.1, 0.15) is 37.1 Å². The van der Waals surface area contributed by atoms with Crippen LogP contribution in [-0.4, -0.2) is 90.2 Å². The van der Waals surface area contributed by atoms with Crippen molar-refractivity contribution in [1.82, 2.24) is 23.9 Å². The van der Waals surface area contributed by atoms with Gasteiger partial charge in [-0.3, -0.25) is 4.40 Å². The van der Waals surface area contributed by atoms with E-state index in [1.165, 1.54) is 22.9 Å². The molecule has 0 unspecified atom stereocenters. The molecule has 1 N–H and O–H groups in total. The molecule has 1 saturated carbocycles. The number of nitrogens with zero attached hydrogens (tertiary/aromatic N) is 7. The summed E-state index contributed by atoms with van der Waals surface area (Å²) in [5.41, 5.74) is -3.10. The molecule has 0 spiro atoms. The number of halogens is 5. The van der Waals surface area contributed by atoms with Crippen LogP contribution in [0.3, 0.4) is 0 Å². The number of imidazole rings is 1. The second-order valence-corrected chi connectivity index (χ2v) is 21.4. The molecule has 0 bridgehead atoms. The number of piperidine rings is 1. The van der Waals surface area contributed by atoms with Crippen LogP contribution < -0.4 is 4.90 Å². The number of hydrogen-bond donors (Lipinski definition) is 1. The molecule has 2 fully saturated rings. The van der Waals surface area contributed by atoms with Gasteiger partial charge >= 0.3 is 6.18 Å². The highest BCUT2D eigenvalue weighted by atomic mass is 32.2. The van der Waals surface area contributed by atoms with Crippen molar-refractivity contribution in [1.29, 1.82) is 5.26 Å². The fraction of sp³-hybridized carbons (Fsp3) is 0.630. The molecule has 46 heavy (non-hydrogen) atoms. The van der Waals surface area contributed by atoms with Crippen molar-refractivity contribution in [2.24, 2.45) is 5.41 Å². The van der Waals surface area contributed by atoms with Crippen LogP contribution in [0.4, 0.5) is 27.6 Å². The lowest BCUT2D eigenvalue weighted by atomic mass is 9.78. The van der Waals surface area contributed by atoms with Gasteiger partial charge in [-0.2, -0.15) is 22.7 Å². The summed E-state index contributed by atoms with van der Waals surface area (Å²) in [6, 6.07) is 4.19. The summed E-state index contributed by atoms with van der Waals surface area (Å²) in [5, 5.41) is 26.4. The molecule has 2 aliphatic rings. The maximum atomic E-state index is 14.3. The Balaban J connectivity index is 1.59. The van der Waals surface area contributed by atoms with E-state index < -0.39 is 66.1 Å². The van der Waals surface area contributed by atoms with Crippen LogP contribution in [-0.2, 0) is 14.8 Å². The van der Waals surface area contributed by atoms with Gasteiger partial charge in [-0.15, -0.1) is 10.2 Å². The third-order valence-electron chi connectivity index (χ3n) is 8.58. The number of aliphatic hydroxyl groups is 1. The minimum Gasteiger partial charge on any atom is -0.395 e. The average Bonchev–Trinajstić information content (AvgIpc) is 3.39. The maximum Gasteiger partial charge on any atom is 0.396 e. The Morgan fingerprint density at radius 1 is 1.20 bits per heavy atom. The molecule has 0 amide bonds. The number of aliphatic hydroxyl groups excluding tert-OH is 1. The number of anilines is 1. The standard InChI is InChI=1S/C27H34F5N7O4S2Si/c1-46(2,3)11-10-43-17-39(26(15-33)4-5-26)45(41,42)18-12-19(37-8-6-25(16-40,7-9-37)27(30,31)32)20-13-34-22(38(20)14-18)24-36-35-23(44-24)21(28)29/h12-14,21,40H,4-11,16-17H2,1-3H3. The van der Waals surface area contributed by atoms with Gasteiger partial charge in [0.2, 0.25) is 10.0 Å². The first-order chi connectivity index (χ1) is 21.5. The minimum atomic E-state index is -4.65. The molecule has 5 rings (SSSR count). The summed E-state index contributed by atoms with van der Waals surface area (Å²) < 4.78 is 105. The molecular formula is C27H34F5N7O4S2Si. The molecule has 0 atom stereocenters. The van der Waals surface area contributed by atoms with Gasteiger partial charge in [0.25, 0.3) is 6.43 Å². The molecular weight excluding hydrogens is 674 g/mol. The Morgan fingerprint density at radius 2 is 1.87 bits per heavy atom. The molecule has 1 aliphatic carbocycles. The lowest BCUT2D eigenvalue weighted by molar-refractivity contribution is -0.242.